The van der Waals surface area contributed by atoms with Gasteiger partial charge < -0.3 is 4.90 Å². The maximum Gasteiger partial charge on any atom is 0.227 e. The summed E-state index contributed by atoms with van der Waals surface area (Å²) in [4.78, 5) is 19.6. The fraction of sp³-hybridized carbons (Fsp3) is 0.647. The Morgan fingerprint density at radius 2 is 1.71 bits per heavy atom. The van der Waals surface area contributed by atoms with Crippen molar-refractivity contribution in [2.75, 3.05) is 16.8 Å². The van der Waals surface area contributed by atoms with Crippen LogP contribution >= 0.6 is 15.9 Å². The fourth-order valence-electron chi connectivity index (χ4n) is 4.15. The Morgan fingerprint density at radius 1 is 1.05 bits per heavy atom. The molecule has 0 spiro atoms. The molecule has 0 bridgehead atoms. The summed E-state index contributed by atoms with van der Waals surface area (Å²) in [5, 5.41) is 0.921. The first-order chi connectivity index (χ1) is 10.3. The van der Waals surface area contributed by atoms with Crippen molar-refractivity contribution in [1.29, 1.82) is 0 Å². The van der Waals surface area contributed by atoms with Gasteiger partial charge in [-0.25, -0.2) is 0 Å². The molecule has 1 aromatic heterocycles. The lowest BCUT2D eigenvalue weighted by atomic mass is 9.91. The van der Waals surface area contributed by atoms with Gasteiger partial charge in [-0.1, -0.05) is 15.9 Å². The van der Waals surface area contributed by atoms with Crippen LogP contribution in [0.15, 0.2) is 0 Å². The summed E-state index contributed by atoms with van der Waals surface area (Å²) in [6.45, 7) is 0.882. The molecule has 3 nitrogen and oxygen atoms in total. The maximum atomic E-state index is 12.5. The van der Waals surface area contributed by atoms with Crippen molar-refractivity contribution in [3.63, 3.8) is 0 Å². The van der Waals surface area contributed by atoms with E-state index in [4.69, 9.17) is 4.98 Å². The highest BCUT2D eigenvalue weighted by Crippen LogP contribution is 2.40. The average Bonchev–Trinajstić information content (AvgIpc) is 3.11. The number of hydrogen-bond acceptors (Lipinski definition) is 2. The van der Waals surface area contributed by atoms with Crippen molar-refractivity contribution in [3.8, 4) is 0 Å². The van der Waals surface area contributed by atoms with Gasteiger partial charge in [0.25, 0.3) is 0 Å². The quantitative estimate of drug-likeness (QED) is 0.769. The first-order valence-electron chi connectivity index (χ1n) is 8.17. The Balaban J connectivity index is 1.84. The van der Waals surface area contributed by atoms with Crippen LogP contribution in [0.25, 0.3) is 0 Å². The van der Waals surface area contributed by atoms with Crippen LogP contribution in [0.5, 0.6) is 0 Å². The molecule has 0 saturated carbocycles. The lowest BCUT2D eigenvalue weighted by Gasteiger charge is -2.27. The van der Waals surface area contributed by atoms with Gasteiger partial charge in [0.05, 0.1) is 5.69 Å². The van der Waals surface area contributed by atoms with E-state index in [1.54, 1.807) is 0 Å². The zero-order chi connectivity index (χ0) is 14.4. The Bertz CT molecular complexity index is 599. The molecule has 112 valence electrons. The number of anilines is 1. The van der Waals surface area contributed by atoms with Gasteiger partial charge in [0.1, 0.15) is 0 Å². The molecule has 21 heavy (non-hydrogen) atoms. The highest BCUT2D eigenvalue weighted by Gasteiger charge is 2.35. The van der Waals surface area contributed by atoms with E-state index in [0.29, 0.717) is 18.2 Å². The van der Waals surface area contributed by atoms with Crippen molar-refractivity contribution in [1.82, 2.24) is 4.98 Å². The van der Waals surface area contributed by atoms with Gasteiger partial charge in [-0.2, -0.15) is 0 Å². The summed E-state index contributed by atoms with van der Waals surface area (Å²) in [5.74, 6) is 0.773. The lowest BCUT2D eigenvalue weighted by Crippen LogP contribution is -2.29. The topological polar surface area (TPSA) is 33.2 Å². The van der Waals surface area contributed by atoms with Crippen LogP contribution < -0.4 is 4.90 Å². The van der Waals surface area contributed by atoms with Crippen LogP contribution in [0, 0.1) is 5.92 Å². The SMILES string of the molecule is O=C1CC(CBr)CN1c1c2c(nc3c1CCC3)CCCC2. The summed E-state index contributed by atoms with van der Waals surface area (Å²) in [7, 11) is 0. The fourth-order valence-corrected chi connectivity index (χ4v) is 4.58. The molecule has 1 saturated heterocycles. The van der Waals surface area contributed by atoms with Crippen LogP contribution in [0.2, 0.25) is 0 Å². The zero-order valence-electron chi connectivity index (χ0n) is 12.3. The number of pyridine rings is 1. The van der Waals surface area contributed by atoms with E-state index >= 15 is 0 Å². The summed E-state index contributed by atoms with van der Waals surface area (Å²) >= 11 is 3.55. The Kier molecular flexibility index (Phi) is 3.52. The number of fused-ring (bicyclic) bond motifs is 2. The van der Waals surface area contributed by atoms with Crippen molar-refractivity contribution < 1.29 is 4.79 Å². The number of aromatic nitrogens is 1. The minimum Gasteiger partial charge on any atom is -0.311 e. The second-order valence-electron chi connectivity index (χ2n) is 6.60. The van der Waals surface area contributed by atoms with Crippen molar-refractivity contribution in [2.24, 2.45) is 5.92 Å². The minimum absolute atomic E-state index is 0.313. The molecule has 3 aliphatic rings. The largest absolute Gasteiger partial charge is 0.311 e. The molecule has 1 amide bonds. The number of rotatable bonds is 2. The average molecular weight is 349 g/mol. The summed E-state index contributed by atoms with van der Waals surface area (Å²) in [6, 6.07) is 0. The van der Waals surface area contributed by atoms with E-state index in [0.717, 1.165) is 37.6 Å². The molecular weight excluding hydrogens is 328 g/mol. The number of carbonyl (C=O) groups excluding carboxylic acids is 1. The Labute approximate surface area is 134 Å². The molecule has 2 aliphatic carbocycles. The van der Waals surface area contributed by atoms with E-state index in [9.17, 15) is 4.79 Å². The van der Waals surface area contributed by atoms with E-state index in [2.05, 4.69) is 20.8 Å². The van der Waals surface area contributed by atoms with E-state index < -0.39 is 0 Å². The number of nitrogens with zero attached hydrogens (tertiary/aromatic N) is 2. The molecule has 1 aromatic rings. The van der Waals surface area contributed by atoms with Crippen LogP contribution in [-0.2, 0) is 30.5 Å². The van der Waals surface area contributed by atoms with Gasteiger partial charge in [-0.15, -0.1) is 0 Å². The van der Waals surface area contributed by atoms with Crippen molar-refractivity contribution in [2.45, 2.75) is 51.4 Å². The molecule has 4 heteroatoms. The maximum absolute atomic E-state index is 12.5. The van der Waals surface area contributed by atoms with Crippen LogP contribution in [0.1, 0.15) is 48.2 Å². The summed E-state index contributed by atoms with van der Waals surface area (Å²) in [6.07, 6.45) is 8.78. The third kappa shape index (κ3) is 2.23. The third-order valence-corrected chi connectivity index (χ3v) is 6.08. The first kappa shape index (κ1) is 13.7. The molecule has 0 radical (unpaired) electrons. The molecule has 4 rings (SSSR count). The first-order valence-corrected chi connectivity index (χ1v) is 9.30. The minimum atomic E-state index is 0.313. The van der Waals surface area contributed by atoms with Gasteiger partial charge in [0, 0.05) is 29.7 Å². The molecule has 0 aromatic carbocycles. The molecular formula is C17H21BrN2O. The van der Waals surface area contributed by atoms with Gasteiger partial charge in [0.15, 0.2) is 0 Å². The number of amides is 1. The van der Waals surface area contributed by atoms with E-state index in [1.807, 2.05) is 0 Å². The predicted octanol–water partition coefficient (Wildman–Crippen LogP) is 3.20. The lowest BCUT2D eigenvalue weighted by molar-refractivity contribution is -0.117. The van der Waals surface area contributed by atoms with Crippen molar-refractivity contribution in [3.05, 3.63) is 22.5 Å². The molecule has 1 atom stereocenters. The number of aryl methyl sites for hydroxylation is 2. The number of carbonyl (C=O) groups is 1. The summed E-state index contributed by atoms with van der Waals surface area (Å²) in [5.41, 5.74) is 6.62. The third-order valence-electron chi connectivity index (χ3n) is 5.16. The number of alkyl halides is 1. The smallest absolute Gasteiger partial charge is 0.227 e. The van der Waals surface area contributed by atoms with Gasteiger partial charge in [-0.05, 0) is 62.0 Å². The van der Waals surface area contributed by atoms with Crippen LogP contribution in [0.3, 0.4) is 0 Å². The van der Waals surface area contributed by atoms with Crippen LogP contribution in [0.4, 0.5) is 5.69 Å². The molecule has 1 fully saturated rings. The molecule has 2 heterocycles. The van der Waals surface area contributed by atoms with Gasteiger partial charge in [-0.3, -0.25) is 9.78 Å². The Hall–Kier alpha value is -0.900. The zero-order valence-corrected chi connectivity index (χ0v) is 13.9. The molecule has 1 aliphatic heterocycles. The highest BCUT2D eigenvalue weighted by molar-refractivity contribution is 9.09. The van der Waals surface area contributed by atoms with E-state index in [-0.39, 0.29) is 0 Å². The highest BCUT2D eigenvalue weighted by atomic mass is 79.9. The predicted molar refractivity (Wildman–Crippen MR) is 87.2 cm³/mol. The second-order valence-corrected chi connectivity index (χ2v) is 7.25. The van der Waals surface area contributed by atoms with Gasteiger partial charge >= 0.3 is 0 Å². The normalized spacial score (nSPS) is 24.3. The Morgan fingerprint density at radius 3 is 2.43 bits per heavy atom. The number of hydrogen-bond donors (Lipinski definition) is 0. The number of halogens is 1. The molecule has 1 unspecified atom stereocenters. The summed E-state index contributed by atoms with van der Waals surface area (Å²) < 4.78 is 0. The van der Waals surface area contributed by atoms with Crippen LogP contribution in [-0.4, -0.2) is 22.8 Å². The van der Waals surface area contributed by atoms with E-state index in [1.165, 1.54) is 47.5 Å². The second kappa shape index (κ2) is 5.38. The molecule has 0 N–H and O–H groups in total. The van der Waals surface area contributed by atoms with Gasteiger partial charge in [0.2, 0.25) is 5.91 Å². The standard InChI is InChI=1S/C17H21BrN2O/c18-9-11-8-16(21)20(10-11)17-12-4-1-2-6-14(12)19-15-7-3-5-13(15)17/h11H,1-10H2. The monoisotopic (exact) mass is 348 g/mol. The van der Waals surface area contributed by atoms with Crippen molar-refractivity contribution >= 4 is 27.5 Å².